The van der Waals surface area contributed by atoms with Crippen LogP contribution in [-0.2, 0) is 11.3 Å². The molecule has 0 saturated carbocycles. The zero-order valence-corrected chi connectivity index (χ0v) is 15.8. The molecule has 0 aliphatic rings. The number of nitrogens with one attached hydrogen (secondary N) is 3. The molecule has 4 rings (SSSR count). The molecule has 0 spiro atoms. The highest BCUT2D eigenvalue weighted by atomic mass is 16.2. The SMILES string of the molecule is Cc1ccc(NC(C(=O)NCc2ccccc2)c2c[nH]c3ccccc23)cc1. The van der Waals surface area contributed by atoms with Gasteiger partial charge in [-0.1, -0.05) is 66.2 Å². The van der Waals surface area contributed by atoms with Gasteiger partial charge in [-0.15, -0.1) is 0 Å². The van der Waals surface area contributed by atoms with Crippen molar-refractivity contribution in [3.8, 4) is 0 Å². The van der Waals surface area contributed by atoms with Gasteiger partial charge in [0.05, 0.1) is 0 Å². The number of H-pyrrole nitrogens is 1. The minimum absolute atomic E-state index is 0.0609. The number of carbonyl (C=O) groups excluding carboxylic acids is 1. The minimum Gasteiger partial charge on any atom is -0.370 e. The summed E-state index contributed by atoms with van der Waals surface area (Å²) in [5.74, 6) is -0.0609. The van der Waals surface area contributed by atoms with E-state index in [1.54, 1.807) is 0 Å². The van der Waals surface area contributed by atoms with Gasteiger partial charge >= 0.3 is 0 Å². The zero-order valence-electron chi connectivity index (χ0n) is 15.8. The number of aryl methyl sites for hydroxylation is 1. The second-order valence-corrected chi connectivity index (χ2v) is 6.94. The average Bonchev–Trinajstić information content (AvgIpc) is 3.16. The average molecular weight is 369 g/mol. The molecule has 0 bridgehead atoms. The minimum atomic E-state index is -0.498. The number of benzene rings is 3. The molecular formula is C24H23N3O. The van der Waals surface area contributed by atoms with Crippen LogP contribution in [0.5, 0.6) is 0 Å². The first-order valence-corrected chi connectivity index (χ1v) is 9.41. The highest BCUT2D eigenvalue weighted by Crippen LogP contribution is 2.27. The van der Waals surface area contributed by atoms with E-state index in [0.29, 0.717) is 6.54 Å². The molecule has 1 atom stereocenters. The predicted molar refractivity (Wildman–Crippen MR) is 114 cm³/mol. The lowest BCUT2D eigenvalue weighted by atomic mass is 10.0. The number of hydrogen-bond acceptors (Lipinski definition) is 2. The standard InChI is InChI=1S/C24H23N3O/c1-17-11-13-19(14-12-17)27-23(21-16-25-22-10-6-5-9-20(21)22)24(28)26-15-18-7-3-2-4-8-18/h2-14,16,23,25,27H,15H2,1H3,(H,26,28). The Labute approximate surface area is 164 Å². The highest BCUT2D eigenvalue weighted by Gasteiger charge is 2.23. The Balaban J connectivity index is 1.62. The van der Waals surface area contributed by atoms with E-state index in [2.05, 4.69) is 15.6 Å². The van der Waals surface area contributed by atoms with Crippen molar-refractivity contribution in [3.63, 3.8) is 0 Å². The lowest BCUT2D eigenvalue weighted by Crippen LogP contribution is -2.33. The Morgan fingerprint density at radius 2 is 1.64 bits per heavy atom. The summed E-state index contributed by atoms with van der Waals surface area (Å²) in [4.78, 5) is 16.4. The van der Waals surface area contributed by atoms with Gasteiger partial charge in [-0.3, -0.25) is 4.79 Å². The van der Waals surface area contributed by atoms with Crippen LogP contribution in [0.2, 0.25) is 0 Å². The first kappa shape index (κ1) is 17.9. The van der Waals surface area contributed by atoms with Gasteiger partial charge in [0.15, 0.2) is 0 Å². The Hall–Kier alpha value is -3.53. The van der Waals surface area contributed by atoms with Crippen LogP contribution in [0.3, 0.4) is 0 Å². The molecule has 28 heavy (non-hydrogen) atoms. The molecule has 3 aromatic carbocycles. The molecule has 4 heteroatoms. The van der Waals surface area contributed by atoms with Crippen LogP contribution in [0.1, 0.15) is 22.7 Å². The summed E-state index contributed by atoms with van der Waals surface area (Å²) < 4.78 is 0. The quantitative estimate of drug-likeness (QED) is 0.451. The number of anilines is 1. The van der Waals surface area contributed by atoms with Crippen LogP contribution in [0, 0.1) is 6.92 Å². The molecule has 1 aromatic heterocycles. The van der Waals surface area contributed by atoms with Gasteiger partial charge in [-0.05, 0) is 30.7 Å². The number of para-hydroxylation sites is 1. The predicted octanol–water partition coefficient (Wildman–Crippen LogP) is 4.95. The molecule has 140 valence electrons. The van der Waals surface area contributed by atoms with E-state index < -0.39 is 6.04 Å². The molecule has 4 aromatic rings. The number of aromatic amines is 1. The van der Waals surface area contributed by atoms with Crippen molar-refractivity contribution in [2.45, 2.75) is 19.5 Å². The fourth-order valence-electron chi connectivity index (χ4n) is 3.32. The van der Waals surface area contributed by atoms with Crippen LogP contribution in [-0.4, -0.2) is 10.9 Å². The fourth-order valence-corrected chi connectivity index (χ4v) is 3.32. The van der Waals surface area contributed by atoms with Crippen molar-refractivity contribution in [1.29, 1.82) is 0 Å². The van der Waals surface area contributed by atoms with Gasteiger partial charge in [0.1, 0.15) is 6.04 Å². The van der Waals surface area contributed by atoms with Crippen molar-refractivity contribution in [2.24, 2.45) is 0 Å². The first-order valence-electron chi connectivity index (χ1n) is 9.41. The van der Waals surface area contributed by atoms with E-state index in [-0.39, 0.29) is 5.91 Å². The largest absolute Gasteiger partial charge is 0.370 e. The Morgan fingerprint density at radius 1 is 0.929 bits per heavy atom. The van der Waals surface area contributed by atoms with Crippen molar-refractivity contribution in [1.82, 2.24) is 10.3 Å². The topological polar surface area (TPSA) is 56.9 Å². The highest BCUT2D eigenvalue weighted by molar-refractivity contribution is 5.93. The molecule has 3 N–H and O–H groups in total. The number of rotatable bonds is 6. The van der Waals surface area contributed by atoms with E-state index in [1.165, 1.54) is 5.56 Å². The number of hydrogen-bond donors (Lipinski definition) is 3. The summed E-state index contributed by atoms with van der Waals surface area (Å²) in [6.45, 7) is 2.54. The van der Waals surface area contributed by atoms with Crippen LogP contribution in [0.4, 0.5) is 5.69 Å². The Kier molecular flexibility index (Phi) is 5.11. The first-order chi connectivity index (χ1) is 13.7. The number of amides is 1. The summed E-state index contributed by atoms with van der Waals surface area (Å²) in [7, 11) is 0. The molecule has 4 nitrogen and oxygen atoms in total. The number of fused-ring (bicyclic) bond motifs is 1. The van der Waals surface area contributed by atoms with Crippen molar-refractivity contribution >= 4 is 22.5 Å². The van der Waals surface area contributed by atoms with Gasteiger partial charge in [0.25, 0.3) is 0 Å². The van der Waals surface area contributed by atoms with Gasteiger partial charge in [0.2, 0.25) is 5.91 Å². The van der Waals surface area contributed by atoms with Gasteiger partial charge in [-0.25, -0.2) is 0 Å². The summed E-state index contributed by atoms with van der Waals surface area (Å²) in [6.07, 6.45) is 1.92. The monoisotopic (exact) mass is 369 g/mol. The molecule has 0 saturated heterocycles. The normalized spacial score (nSPS) is 11.9. The lowest BCUT2D eigenvalue weighted by Gasteiger charge is -2.20. The summed E-state index contributed by atoms with van der Waals surface area (Å²) in [5, 5.41) is 7.52. The maximum atomic E-state index is 13.1. The second kappa shape index (κ2) is 8.01. The maximum absolute atomic E-state index is 13.1. The molecule has 0 fully saturated rings. The van der Waals surface area contributed by atoms with Crippen LogP contribution in [0.15, 0.2) is 85.1 Å². The fraction of sp³-hybridized carbons (Fsp3) is 0.125. The van der Waals surface area contributed by atoms with Crippen molar-refractivity contribution in [3.05, 3.63) is 102 Å². The van der Waals surface area contributed by atoms with Crippen LogP contribution < -0.4 is 10.6 Å². The summed E-state index contributed by atoms with van der Waals surface area (Å²) in [6, 6.07) is 25.6. The van der Waals surface area contributed by atoms with Gasteiger partial charge < -0.3 is 15.6 Å². The number of carbonyl (C=O) groups is 1. The third-order valence-corrected chi connectivity index (χ3v) is 4.87. The smallest absolute Gasteiger partial charge is 0.247 e. The van der Waals surface area contributed by atoms with E-state index in [4.69, 9.17) is 0 Å². The molecule has 0 aliphatic carbocycles. The van der Waals surface area contributed by atoms with Gasteiger partial charge in [0, 0.05) is 34.9 Å². The molecule has 0 radical (unpaired) electrons. The van der Waals surface area contributed by atoms with E-state index in [0.717, 1.165) is 27.7 Å². The van der Waals surface area contributed by atoms with E-state index in [1.807, 2.05) is 92.0 Å². The third kappa shape index (κ3) is 3.91. The van der Waals surface area contributed by atoms with Crippen molar-refractivity contribution in [2.75, 3.05) is 5.32 Å². The molecule has 1 unspecified atom stereocenters. The molecule has 1 amide bonds. The Bertz CT molecular complexity index is 1070. The van der Waals surface area contributed by atoms with Crippen molar-refractivity contribution < 1.29 is 4.79 Å². The van der Waals surface area contributed by atoms with Crippen LogP contribution >= 0.6 is 0 Å². The van der Waals surface area contributed by atoms with Crippen LogP contribution in [0.25, 0.3) is 10.9 Å². The summed E-state index contributed by atoms with van der Waals surface area (Å²) in [5.41, 5.74) is 5.12. The number of aromatic nitrogens is 1. The van der Waals surface area contributed by atoms with E-state index >= 15 is 0 Å². The molecular weight excluding hydrogens is 346 g/mol. The maximum Gasteiger partial charge on any atom is 0.247 e. The lowest BCUT2D eigenvalue weighted by molar-refractivity contribution is -0.122. The molecule has 0 aliphatic heterocycles. The molecule has 1 heterocycles. The zero-order chi connectivity index (χ0) is 19.3. The van der Waals surface area contributed by atoms with E-state index in [9.17, 15) is 4.79 Å². The second-order valence-electron chi connectivity index (χ2n) is 6.94. The Morgan fingerprint density at radius 3 is 2.43 bits per heavy atom. The van der Waals surface area contributed by atoms with Gasteiger partial charge in [-0.2, -0.15) is 0 Å². The third-order valence-electron chi connectivity index (χ3n) is 4.87. The summed E-state index contributed by atoms with van der Waals surface area (Å²) >= 11 is 0.